The Morgan fingerprint density at radius 1 is 1.46 bits per heavy atom. The average molecular weight is 349 g/mol. The van der Waals surface area contributed by atoms with E-state index in [-0.39, 0.29) is 17.4 Å². The SMILES string of the molecule is C=CCN(CC1CC(c2ccccc2Cl)=NO1)C(=O)CC(C)(C)C. The molecule has 0 spiro atoms. The number of amides is 1. The van der Waals surface area contributed by atoms with Gasteiger partial charge in [-0.3, -0.25) is 4.79 Å². The van der Waals surface area contributed by atoms with Gasteiger partial charge in [-0.25, -0.2) is 0 Å². The van der Waals surface area contributed by atoms with Crippen LogP contribution in [-0.4, -0.2) is 35.7 Å². The molecule has 1 aliphatic rings. The van der Waals surface area contributed by atoms with Crippen LogP contribution in [0.25, 0.3) is 0 Å². The van der Waals surface area contributed by atoms with Crippen LogP contribution in [0.5, 0.6) is 0 Å². The Morgan fingerprint density at radius 2 is 2.17 bits per heavy atom. The number of hydrogen-bond donors (Lipinski definition) is 0. The Bertz CT molecular complexity index is 634. The zero-order chi connectivity index (χ0) is 17.7. The van der Waals surface area contributed by atoms with E-state index in [0.29, 0.717) is 31.0 Å². The molecule has 1 atom stereocenters. The van der Waals surface area contributed by atoms with E-state index in [1.165, 1.54) is 0 Å². The van der Waals surface area contributed by atoms with Crippen LogP contribution in [-0.2, 0) is 9.63 Å². The number of carbonyl (C=O) groups is 1. The van der Waals surface area contributed by atoms with Gasteiger partial charge in [0.15, 0.2) is 6.10 Å². The fourth-order valence-electron chi connectivity index (χ4n) is 2.63. The van der Waals surface area contributed by atoms with Crippen LogP contribution < -0.4 is 0 Å². The summed E-state index contributed by atoms with van der Waals surface area (Å²) in [5, 5.41) is 4.82. The van der Waals surface area contributed by atoms with Crippen LogP contribution in [0.1, 0.15) is 39.2 Å². The summed E-state index contributed by atoms with van der Waals surface area (Å²) in [6.45, 7) is 10.9. The third kappa shape index (κ3) is 5.10. The van der Waals surface area contributed by atoms with E-state index in [1.54, 1.807) is 11.0 Å². The second-order valence-electron chi connectivity index (χ2n) is 7.27. The highest BCUT2D eigenvalue weighted by Crippen LogP contribution is 2.24. The fourth-order valence-corrected chi connectivity index (χ4v) is 2.87. The number of benzene rings is 1. The third-order valence-corrected chi connectivity index (χ3v) is 4.06. The zero-order valence-corrected chi connectivity index (χ0v) is 15.3. The molecule has 1 heterocycles. The fraction of sp³-hybridized carbons (Fsp3) is 0.474. The third-order valence-electron chi connectivity index (χ3n) is 3.73. The maximum absolute atomic E-state index is 12.5. The lowest BCUT2D eigenvalue weighted by Crippen LogP contribution is -2.39. The Kier molecular flexibility index (Phi) is 6.05. The topological polar surface area (TPSA) is 41.9 Å². The molecule has 1 unspecified atom stereocenters. The molecule has 1 aromatic carbocycles. The maximum Gasteiger partial charge on any atom is 0.223 e. The Hall–Kier alpha value is -1.81. The van der Waals surface area contributed by atoms with Gasteiger partial charge in [-0.15, -0.1) is 6.58 Å². The molecule has 0 N–H and O–H groups in total. The van der Waals surface area contributed by atoms with E-state index in [0.717, 1.165) is 11.3 Å². The van der Waals surface area contributed by atoms with Crippen molar-refractivity contribution in [1.29, 1.82) is 0 Å². The molecule has 1 aliphatic heterocycles. The molecule has 2 rings (SSSR count). The molecule has 1 aromatic rings. The predicted molar refractivity (Wildman–Crippen MR) is 98.3 cm³/mol. The number of hydrogen-bond acceptors (Lipinski definition) is 3. The number of carbonyl (C=O) groups excluding carboxylic acids is 1. The quantitative estimate of drug-likeness (QED) is 0.720. The van der Waals surface area contributed by atoms with Crippen molar-refractivity contribution < 1.29 is 9.63 Å². The van der Waals surface area contributed by atoms with Gasteiger partial charge in [-0.1, -0.05) is 61.8 Å². The minimum absolute atomic E-state index is 0.0493. The molecule has 4 nitrogen and oxygen atoms in total. The van der Waals surface area contributed by atoms with Gasteiger partial charge in [0.1, 0.15) is 0 Å². The van der Waals surface area contributed by atoms with Crippen molar-refractivity contribution in [2.45, 2.75) is 39.7 Å². The van der Waals surface area contributed by atoms with Crippen molar-refractivity contribution in [3.63, 3.8) is 0 Å². The molecule has 1 amide bonds. The van der Waals surface area contributed by atoms with Gasteiger partial charge in [0.2, 0.25) is 5.91 Å². The first-order chi connectivity index (χ1) is 11.3. The Balaban J connectivity index is 1.99. The molecule has 0 aromatic heterocycles. The van der Waals surface area contributed by atoms with Crippen LogP contribution in [0.2, 0.25) is 5.02 Å². The standard InChI is InChI=1S/C19H25ClN2O2/c1-5-10-22(18(23)12-19(2,3)4)13-14-11-17(21-24-14)15-8-6-7-9-16(15)20/h5-9,14H,1,10-13H2,2-4H3. The molecule has 0 bridgehead atoms. The van der Waals surface area contributed by atoms with Crippen LogP contribution in [0.3, 0.4) is 0 Å². The summed E-state index contributed by atoms with van der Waals surface area (Å²) in [5.74, 6) is 0.109. The van der Waals surface area contributed by atoms with Gasteiger partial charge in [0, 0.05) is 30.0 Å². The molecule has 5 heteroatoms. The molecule has 24 heavy (non-hydrogen) atoms. The second-order valence-corrected chi connectivity index (χ2v) is 7.68. The highest BCUT2D eigenvalue weighted by Gasteiger charge is 2.28. The van der Waals surface area contributed by atoms with E-state index >= 15 is 0 Å². The van der Waals surface area contributed by atoms with Gasteiger partial charge in [0.25, 0.3) is 0 Å². The first-order valence-corrected chi connectivity index (χ1v) is 8.54. The van der Waals surface area contributed by atoms with Gasteiger partial charge in [-0.05, 0) is 11.5 Å². The lowest BCUT2D eigenvalue weighted by atomic mass is 9.91. The first-order valence-electron chi connectivity index (χ1n) is 8.16. The summed E-state index contributed by atoms with van der Waals surface area (Å²) in [6.07, 6.45) is 2.72. The summed E-state index contributed by atoms with van der Waals surface area (Å²) >= 11 is 6.22. The minimum atomic E-state index is -0.153. The molecular formula is C19H25ClN2O2. The molecule has 0 radical (unpaired) electrons. The summed E-state index contributed by atoms with van der Waals surface area (Å²) in [6, 6.07) is 7.58. The molecule has 0 saturated carbocycles. The average Bonchev–Trinajstić information content (AvgIpc) is 2.94. The minimum Gasteiger partial charge on any atom is -0.390 e. The van der Waals surface area contributed by atoms with Crippen molar-refractivity contribution >= 4 is 23.2 Å². The van der Waals surface area contributed by atoms with Gasteiger partial charge < -0.3 is 9.74 Å². The van der Waals surface area contributed by atoms with E-state index < -0.39 is 0 Å². The molecule has 0 aliphatic carbocycles. The largest absolute Gasteiger partial charge is 0.390 e. The highest BCUT2D eigenvalue weighted by atomic mass is 35.5. The number of oxime groups is 1. The van der Waals surface area contributed by atoms with E-state index in [2.05, 4.69) is 32.5 Å². The maximum atomic E-state index is 12.5. The molecule has 130 valence electrons. The van der Waals surface area contributed by atoms with Crippen molar-refractivity contribution in [2.24, 2.45) is 10.6 Å². The normalized spacial score (nSPS) is 17.2. The molecular weight excluding hydrogens is 324 g/mol. The number of halogens is 1. The number of nitrogens with zero attached hydrogens (tertiary/aromatic N) is 2. The van der Waals surface area contributed by atoms with Gasteiger partial charge in [0.05, 0.1) is 12.3 Å². The lowest BCUT2D eigenvalue weighted by Gasteiger charge is -2.27. The van der Waals surface area contributed by atoms with Crippen LogP contribution >= 0.6 is 11.6 Å². The van der Waals surface area contributed by atoms with Crippen LogP contribution in [0.4, 0.5) is 0 Å². The number of rotatable bonds is 6. The highest BCUT2D eigenvalue weighted by molar-refractivity contribution is 6.34. The zero-order valence-electron chi connectivity index (χ0n) is 14.6. The predicted octanol–water partition coefficient (Wildman–Crippen LogP) is 4.28. The summed E-state index contributed by atoms with van der Waals surface area (Å²) in [4.78, 5) is 19.8. The van der Waals surface area contributed by atoms with Crippen molar-refractivity contribution in [2.75, 3.05) is 13.1 Å². The second kappa shape index (κ2) is 7.84. The van der Waals surface area contributed by atoms with E-state index in [4.69, 9.17) is 16.4 Å². The monoisotopic (exact) mass is 348 g/mol. The smallest absolute Gasteiger partial charge is 0.223 e. The summed E-state index contributed by atoms with van der Waals surface area (Å²) in [7, 11) is 0. The van der Waals surface area contributed by atoms with Crippen molar-refractivity contribution in [3.05, 3.63) is 47.5 Å². The molecule has 0 saturated heterocycles. The Morgan fingerprint density at radius 3 is 2.79 bits per heavy atom. The Labute approximate surface area is 149 Å². The first kappa shape index (κ1) is 18.5. The summed E-state index contributed by atoms with van der Waals surface area (Å²) < 4.78 is 0. The van der Waals surface area contributed by atoms with Crippen LogP contribution in [0.15, 0.2) is 42.1 Å². The molecule has 0 fully saturated rings. The van der Waals surface area contributed by atoms with Gasteiger partial charge >= 0.3 is 0 Å². The lowest BCUT2D eigenvalue weighted by molar-refractivity contribution is -0.134. The van der Waals surface area contributed by atoms with Gasteiger partial charge in [-0.2, -0.15) is 0 Å². The van der Waals surface area contributed by atoms with Crippen molar-refractivity contribution in [3.8, 4) is 0 Å². The summed E-state index contributed by atoms with van der Waals surface area (Å²) in [5.41, 5.74) is 1.66. The van der Waals surface area contributed by atoms with E-state index in [1.807, 2.05) is 24.3 Å². The van der Waals surface area contributed by atoms with Crippen molar-refractivity contribution in [1.82, 2.24) is 4.90 Å². The van der Waals surface area contributed by atoms with Crippen LogP contribution in [0, 0.1) is 5.41 Å². The van der Waals surface area contributed by atoms with E-state index in [9.17, 15) is 4.79 Å².